The number of ether oxygens (including phenoxy) is 1. The number of carbonyl (C=O) groups excluding carboxylic acids is 2. The minimum Gasteiger partial charge on any atom is -0.382 e. The molecule has 0 spiro atoms. The van der Waals surface area contributed by atoms with Crippen LogP contribution in [0.1, 0.15) is 46.3 Å². The number of amides is 2. The number of anilines is 1. The molecule has 0 saturated heterocycles. The molecular weight excluding hydrogens is 418 g/mol. The molecule has 33 heavy (non-hydrogen) atoms. The third-order valence-corrected chi connectivity index (χ3v) is 6.02. The summed E-state index contributed by atoms with van der Waals surface area (Å²) in [5.74, 6) is 0.750. The lowest BCUT2D eigenvalue weighted by Gasteiger charge is -2.15. The van der Waals surface area contributed by atoms with E-state index >= 15 is 0 Å². The van der Waals surface area contributed by atoms with Crippen molar-refractivity contribution in [2.24, 2.45) is 0 Å². The molecule has 0 unspecified atom stereocenters. The molecule has 0 fully saturated rings. The Labute approximate surface area is 191 Å². The van der Waals surface area contributed by atoms with Crippen molar-refractivity contribution in [2.45, 2.75) is 32.9 Å². The quantitative estimate of drug-likeness (QED) is 0.328. The average molecular weight is 444 g/mol. The van der Waals surface area contributed by atoms with E-state index in [4.69, 9.17) is 15.5 Å². The summed E-state index contributed by atoms with van der Waals surface area (Å²) in [7, 11) is 0. The van der Waals surface area contributed by atoms with Crippen molar-refractivity contribution in [1.82, 2.24) is 19.4 Å². The van der Waals surface area contributed by atoms with Gasteiger partial charge in [0.2, 0.25) is 0 Å². The largest absolute Gasteiger partial charge is 0.382 e. The van der Waals surface area contributed by atoms with E-state index in [1.165, 1.54) is 4.90 Å². The van der Waals surface area contributed by atoms with Crippen LogP contribution in [0.3, 0.4) is 0 Å². The highest BCUT2D eigenvalue weighted by Gasteiger charge is 2.34. The van der Waals surface area contributed by atoms with Gasteiger partial charge in [-0.2, -0.15) is 0 Å². The Morgan fingerprint density at radius 3 is 2.30 bits per heavy atom. The Morgan fingerprint density at radius 1 is 0.909 bits per heavy atom. The molecule has 0 bridgehead atoms. The van der Waals surface area contributed by atoms with Crippen LogP contribution in [0.2, 0.25) is 0 Å². The molecule has 4 aromatic rings. The van der Waals surface area contributed by atoms with Gasteiger partial charge in [-0.15, -0.1) is 0 Å². The van der Waals surface area contributed by atoms with E-state index in [1.807, 2.05) is 31.2 Å². The van der Waals surface area contributed by atoms with Gasteiger partial charge < -0.3 is 15.0 Å². The Morgan fingerprint density at radius 2 is 1.58 bits per heavy atom. The minimum absolute atomic E-state index is 0.217. The van der Waals surface area contributed by atoms with Gasteiger partial charge in [-0.1, -0.05) is 30.3 Å². The molecule has 3 heterocycles. The Hall–Kier alpha value is -3.78. The standard InChI is InChI=1S/C25H25N5O3/c1-2-33-15-20-28-21-22(18-11-5-6-12-19(18)27-23(21)26)29(20)13-7-8-14-30-24(31)16-9-3-4-10-17(16)25(30)32/h3-6,9-12H,2,7-8,13-15H2,1H3,(H2,26,27). The highest BCUT2D eigenvalue weighted by Crippen LogP contribution is 2.29. The summed E-state index contributed by atoms with van der Waals surface area (Å²) in [6, 6.07) is 14.8. The van der Waals surface area contributed by atoms with Gasteiger partial charge in [-0.05, 0) is 38.0 Å². The number of hydrogen-bond acceptors (Lipinski definition) is 6. The van der Waals surface area contributed by atoms with Gasteiger partial charge in [0, 0.05) is 25.1 Å². The van der Waals surface area contributed by atoms with Gasteiger partial charge in [0.1, 0.15) is 17.9 Å². The first kappa shape index (κ1) is 21.1. The summed E-state index contributed by atoms with van der Waals surface area (Å²) in [5, 5.41) is 0.984. The zero-order valence-corrected chi connectivity index (χ0v) is 18.5. The fourth-order valence-corrected chi connectivity index (χ4v) is 4.43. The van der Waals surface area contributed by atoms with Crippen LogP contribution in [-0.2, 0) is 17.9 Å². The summed E-state index contributed by atoms with van der Waals surface area (Å²) >= 11 is 0. The summed E-state index contributed by atoms with van der Waals surface area (Å²) < 4.78 is 7.78. The van der Waals surface area contributed by atoms with Crippen LogP contribution in [0.4, 0.5) is 5.82 Å². The topological polar surface area (TPSA) is 103 Å². The summed E-state index contributed by atoms with van der Waals surface area (Å²) in [4.78, 5) is 35.8. The SMILES string of the molecule is CCOCc1nc2c(N)nc3ccccc3c2n1CCCCN1C(=O)c2ccccc2C1=O. The number of fused-ring (bicyclic) bond motifs is 4. The molecule has 8 heteroatoms. The van der Waals surface area contributed by atoms with Gasteiger partial charge in [-0.3, -0.25) is 14.5 Å². The van der Waals surface area contributed by atoms with Crippen molar-refractivity contribution in [1.29, 1.82) is 0 Å². The van der Waals surface area contributed by atoms with Crippen LogP contribution in [0, 0.1) is 0 Å². The predicted molar refractivity (Wildman–Crippen MR) is 126 cm³/mol. The van der Waals surface area contributed by atoms with E-state index in [9.17, 15) is 9.59 Å². The number of nitrogen functional groups attached to an aromatic ring is 1. The van der Waals surface area contributed by atoms with Gasteiger partial charge in [0.15, 0.2) is 5.82 Å². The highest BCUT2D eigenvalue weighted by atomic mass is 16.5. The maximum Gasteiger partial charge on any atom is 0.261 e. The van der Waals surface area contributed by atoms with E-state index in [2.05, 4.69) is 9.55 Å². The first-order valence-corrected chi connectivity index (χ1v) is 11.2. The number of benzene rings is 2. The predicted octanol–water partition coefficient (Wildman–Crippen LogP) is 3.78. The van der Waals surface area contributed by atoms with Crippen LogP contribution in [0.15, 0.2) is 48.5 Å². The Bertz CT molecular complexity index is 1340. The Balaban J connectivity index is 1.38. The molecule has 168 valence electrons. The summed E-state index contributed by atoms with van der Waals surface area (Å²) in [6.07, 6.45) is 1.44. The number of nitrogens with zero attached hydrogens (tertiary/aromatic N) is 4. The van der Waals surface area contributed by atoms with Crippen molar-refractivity contribution >= 4 is 39.6 Å². The van der Waals surface area contributed by atoms with E-state index < -0.39 is 0 Å². The zero-order valence-electron chi connectivity index (χ0n) is 18.5. The highest BCUT2D eigenvalue weighted by molar-refractivity contribution is 6.21. The van der Waals surface area contributed by atoms with Crippen LogP contribution in [0.5, 0.6) is 0 Å². The second-order valence-electron chi connectivity index (χ2n) is 8.04. The van der Waals surface area contributed by atoms with Gasteiger partial charge in [0.05, 0.1) is 22.2 Å². The molecule has 2 N–H and O–H groups in total. The van der Waals surface area contributed by atoms with Crippen molar-refractivity contribution in [2.75, 3.05) is 18.9 Å². The zero-order chi connectivity index (χ0) is 22.9. The molecule has 2 amide bonds. The van der Waals surface area contributed by atoms with Crippen molar-refractivity contribution < 1.29 is 14.3 Å². The third kappa shape index (κ3) is 3.62. The first-order valence-electron chi connectivity index (χ1n) is 11.2. The number of aromatic nitrogens is 3. The van der Waals surface area contributed by atoms with E-state index in [-0.39, 0.29) is 11.8 Å². The van der Waals surface area contributed by atoms with Crippen molar-refractivity contribution in [3.8, 4) is 0 Å². The number of para-hydroxylation sites is 1. The molecule has 0 atom stereocenters. The van der Waals surface area contributed by atoms with E-state index in [0.29, 0.717) is 55.2 Å². The maximum atomic E-state index is 12.6. The summed E-state index contributed by atoms with van der Waals surface area (Å²) in [6.45, 7) is 3.94. The van der Waals surface area contributed by atoms with Crippen molar-refractivity contribution in [3.05, 3.63) is 65.5 Å². The number of nitrogens with two attached hydrogens (primary N) is 1. The van der Waals surface area contributed by atoms with Gasteiger partial charge >= 0.3 is 0 Å². The van der Waals surface area contributed by atoms with Crippen LogP contribution >= 0.6 is 0 Å². The Kier molecular flexibility index (Phi) is 5.51. The minimum atomic E-state index is -0.217. The molecule has 8 nitrogen and oxygen atoms in total. The molecule has 0 aliphatic carbocycles. The monoisotopic (exact) mass is 443 g/mol. The number of pyridine rings is 1. The molecule has 2 aromatic carbocycles. The molecule has 5 rings (SSSR count). The second kappa shape index (κ2) is 8.63. The molecule has 1 aliphatic heterocycles. The van der Waals surface area contributed by atoms with Crippen LogP contribution in [0.25, 0.3) is 21.9 Å². The number of unbranched alkanes of at least 4 members (excludes halogenated alkanes) is 1. The van der Waals surface area contributed by atoms with E-state index in [1.54, 1.807) is 24.3 Å². The second-order valence-corrected chi connectivity index (χ2v) is 8.04. The molecule has 0 radical (unpaired) electrons. The lowest BCUT2D eigenvalue weighted by Crippen LogP contribution is -2.30. The first-order chi connectivity index (χ1) is 16.1. The number of rotatable bonds is 8. The number of imidazole rings is 1. The van der Waals surface area contributed by atoms with Gasteiger partial charge in [-0.25, -0.2) is 9.97 Å². The number of imide groups is 1. The molecular formula is C25H25N5O3. The molecule has 1 aliphatic rings. The van der Waals surface area contributed by atoms with Crippen LogP contribution in [-0.4, -0.2) is 44.4 Å². The fourth-order valence-electron chi connectivity index (χ4n) is 4.43. The fraction of sp³-hybridized carbons (Fsp3) is 0.280. The lowest BCUT2D eigenvalue weighted by molar-refractivity contribution is 0.0651. The van der Waals surface area contributed by atoms with Crippen LogP contribution < -0.4 is 5.73 Å². The number of aryl methyl sites for hydroxylation is 1. The van der Waals surface area contributed by atoms with Gasteiger partial charge in [0.25, 0.3) is 11.8 Å². The van der Waals surface area contributed by atoms with E-state index in [0.717, 1.165) is 28.7 Å². The number of hydrogen-bond donors (Lipinski definition) is 1. The third-order valence-electron chi connectivity index (χ3n) is 6.02. The molecule has 0 saturated carbocycles. The maximum absolute atomic E-state index is 12.6. The smallest absolute Gasteiger partial charge is 0.261 e. The molecule has 2 aromatic heterocycles. The normalized spacial score (nSPS) is 13.4. The average Bonchev–Trinajstić information content (AvgIpc) is 3.32. The van der Waals surface area contributed by atoms with Crippen molar-refractivity contribution in [3.63, 3.8) is 0 Å². The summed E-state index contributed by atoms with van der Waals surface area (Å²) in [5.41, 5.74) is 9.63. The lowest BCUT2D eigenvalue weighted by atomic mass is 10.1. The number of carbonyl (C=O) groups is 2.